The molecule has 5 heteroatoms. The Kier molecular flexibility index (Phi) is 11.8. The highest BCUT2D eigenvalue weighted by molar-refractivity contribution is 6.60. The van der Waals surface area contributed by atoms with E-state index in [9.17, 15) is 0 Å². The monoisotopic (exact) mass is 353 g/mol. The van der Waals surface area contributed by atoms with Crippen molar-refractivity contribution in [1.29, 1.82) is 0 Å². The third kappa shape index (κ3) is 8.83. The summed E-state index contributed by atoms with van der Waals surface area (Å²) in [5.41, 5.74) is 1.22. The molecular weight excluding hydrogens is 318 g/mol. The zero-order valence-electron chi connectivity index (χ0n) is 15.7. The molecule has 1 aromatic carbocycles. The molecule has 0 aliphatic carbocycles. The van der Waals surface area contributed by atoms with Gasteiger partial charge in [0.25, 0.3) is 0 Å². The van der Waals surface area contributed by atoms with E-state index in [1.54, 1.807) is 21.3 Å². The van der Waals surface area contributed by atoms with Crippen LogP contribution in [0.2, 0.25) is 6.04 Å². The first-order chi connectivity index (χ1) is 11.8. The molecule has 4 nitrogen and oxygen atoms in total. The molecule has 0 saturated carbocycles. The van der Waals surface area contributed by atoms with Gasteiger partial charge >= 0.3 is 8.80 Å². The van der Waals surface area contributed by atoms with Crippen molar-refractivity contribution in [2.45, 2.75) is 57.4 Å². The van der Waals surface area contributed by atoms with Gasteiger partial charge in [-0.2, -0.15) is 0 Å². The molecule has 0 saturated heterocycles. The number of anilines is 1. The normalized spacial score (nSPS) is 11.6. The number of unbranched alkanes of at least 4 members (excludes halogenated alkanes) is 7. The molecule has 0 fully saturated rings. The SMILES string of the molecule is CO[Si](CCCCCCCCCCNc1ccccc1)(OC)OC. The van der Waals surface area contributed by atoms with Crippen molar-refractivity contribution in [3.8, 4) is 0 Å². The number of para-hydroxylation sites is 1. The topological polar surface area (TPSA) is 39.7 Å². The van der Waals surface area contributed by atoms with Gasteiger partial charge in [-0.25, -0.2) is 0 Å². The largest absolute Gasteiger partial charge is 0.500 e. The minimum Gasteiger partial charge on any atom is -0.385 e. The Morgan fingerprint density at radius 2 is 1.21 bits per heavy atom. The summed E-state index contributed by atoms with van der Waals surface area (Å²) in [7, 11) is 2.72. The van der Waals surface area contributed by atoms with Gasteiger partial charge in [-0.3, -0.25) is 0 Å². The molecule has 138 valence electrons. The Bertz CT molecular complexity index is 391. The fraction of sp³-hybridized carbons (Fsp3) is 0.684. The molecular formula is C19H35NO3Si. The zero-order valence-corrected chi connectivity index (χ0v) is 16.7. The van der Waals surface area contributed by atoms with E-state index in [1.165, 1.54) is 50.6 Å². The van der Waals surface area contributed by atoms with E-state index in [0.29, 0.717) is 0 Å². The second kappa shape index (κ2) is 13.4. The average molecular weight is 354 g/mol. The van der Waals surface area contributed by atoms with Crippen LogP contribution in [0.25, 0.3) is 0 Å². The van der Waals surface area contributed by atoms with Crippen LogP contribution in [0.15, 0.2) is 30.3 Å². The molecule has 1 N–H and O–H groups in total. The lowest BCUT2D eigenvalue weighted by Crippen LogP contribution is -2.42. The smallest absolute Gasteiger partial charge is 0.385 e. The standard InChI is InChI=1S/C19H35NO3Si/c1-21-24(22-2,23-3)18-14-9-7-5-4-6-8-13-17-20-19-15-11-10-12-16-19/h10-12,15-16,20H,4-9,13-14,17-18H2,1-3H3. The molecule has 24 heavy (non-hydrogen) atoms. The molecule has 0 spiro atoms. The van der Waals surface area contributed by atoms with Crippen molar-refractivity contribution in [2.24, 2.45) is 0 Å². The number of hydrogen-bond donors (Lipinski definition) is 1. The van der Waals surface area contributed by atoms with Crippen LogP contribution < -0.4 is 5.32 Å². The van der Waals surface area contributed by atoms with Crippen LogP contribution >= 0.6 is 0 Å². The minimum atomic E-state index is -2.34. The summed E-state index contributed by atoms with van der Waals surface area (Å²) in [4.78, 5) is 0. The summed E-state index contributed by atoms with van der Waals surface area (Å²) < 4.78 is 16.3. The van der Waals surface area contributed by atoms with Gasteiger partial charge in [0, 0.05) is 39.6 Å². The van der Waals surface area contributed by atoms with Crippen molar-refractivity contribution >= 4 is 14.5 Å². The number of hydrogen-bond acceptors (Lipinski definition) is 4. The van der Waals surface area contributed by atoms with E-state index in [-0.39, 0.29) is 0 Å². The zero-order chi connectivity index (χ0) is 17.5. The summed E-state index contributed by atoms with van der Waals surface area (Å²) in [6.07, 6.45) is 10.2. The third-order valence-corrected chi connectivity index (χ3v) is 7.28. The Balaban J connectivity index is 1.88. The number of benzene rings is 1. The van der Waals surface area contributed by atoms with E-state index in [0.717, 1.165) is 19.0 Å². The van der Waals surface area contributed by atoms with Crippen molar-refractivity contribution in [3.63, 3.8) is 0 Å². The minimum absolute atomic E-state index is 0.918. The van der Waals surface area contributed by atoms with Crippen molar-refractivity contribution in [2.75, 3.05) is 33.2 Å². The van der Waals surface area contributed by atoms with E-state index in [1.807, 2.05) is 6.07 Å². The highest BCUT2D eigenvalue weighted by atomic mass is 28.4. The van der Waals surface area contributed by atoms with Gasteiger partial charge in [0.1, 0.15) is 0 Å². The predicted octanol–water partition coefficient (Wildman–Crippen LogP) is 5.10. The van der Waals surface area contributed by atoms with Gasteiger partial charge in [-0.05, 0) is 25.0 Å². The quantitative estimate of drug-likeness (QED) is 0.352. The summed E-state index contributed by atoms with van der Waals surface area (Å²) >= 11 is 0. The van der Waals surface area contributed by atoms with Crippen LogP contribution in [0.4, 0.5) is 5.69 Å². The van der Waals surface area contributed by atoms with Crippen LogP contribution in [-0.4, -0.2) is 36.7 Å². The first kappa shape index (κ1) is 21.2. The number of nitrogens with one attached hydrogen (secondary N) is 1. The van der Waals surface area contributed by atoms with Gasteiger partial charge < -0.3 is 18.6 Å². The maximum absolute atomic E-state index is 5.44. The lowest BCUT2D eigenvalue weighted by molar-refractivity contribution is 0.122. The second-order valence-electron chi connectivity index (χ2n) is 6.17. The lowest BCUT2D eigenvalue weighted by atomic mass is 10.1. The van der Waals surface area contributed by atoms with E-state index in [4.69, 9.17) is 13.3 Å². The summed E-state index contributed by atoms with van der Waals surface area (Å²) in [5, 5.41) is 3.46. The third-order valence-electron chi connectivity index (χ3n) is 4.45. The predicted molar refractivity (Wildman–Crippen MR) is 103 cm³/mol. The Morgan fingerprint density at radius 3 is 1.75 bits per heavy atom. The van der Waals surface area contributed by atoms with Crippen LogP contribution in [-0.2, 0) is 13.3 Å². The van der Waals surface area contributed by atoms with Crippen LogP contribution in [0, 0.1) is 0 Å². The molecule has 1 aromatic rings. The van der Waals surface area contributed by atoms with Crippen molar-refractivity contribution in [1.82, 2.24) is 0 Å². The second-order valence-corrected chi connectivity index (χ2v) is 9.26. The Morgan fingerprint density at radius 1 is 0.708 bits per heavy atom. The van der Waals surface area contributed by atoms with Gasteiger partial charge in [0.05, 0.1) is 0 Å². The first-order valence-electron chi connectivity index (χ1n) is 9.20. The summed E-state index contributed by atoms with van der Waals surface area (Å²) in [6, 6.07) is 11.3. The highest BCUT2D eigenvalue weighted by Crippen LogP contribution is 2.18. The van der Waals surface area contributed by atoms with Crippen LogP contribution in [0.3, 0.4) is 0 Å². The maximum atomic E-state index is 5.44. The van der Waals surface area contributed by atoms with Crippen molar-refractivity contribution < 1.29 is 13.3 Å². The molecule has 0 atom stereocenters. The number of rotatable bonds is 15. The average Bonchev–Trinajstić information content (AvgIpc) is 2.64. The summed E-state index contributed by atoms with van der Waals surface area (Å²) in [6.45, 7) is 1.07. The van der Waals surface area contributed by atoms with E-state index >= 15 is 0 Å². The molecule has 0 aromatic heterocycles. The van der Waals surface area contributed by atoms with Crippen LogP contribution in [0.5, 0.6) is 0 Å². The fourth-order valence-electron chi connectivity index (χ4n) is 2.87. The first-order valence-corrected chi connectivity index (χ1v) is 11.1. The lowest BCUT2D eigenvalue weighted by Gasteiger charge is -2.24. The molecule has 0 aliphatic heterocycles. The fourth-order valence-corrected chi connectivity index (χ4v) is 4.67. The van der Waals surface area contributed by atoms with Crippen LogP contribution in [0.1, 0.15) is 51.4 Å². The van der Waals surface area contributed by atoms with E-state index < -0.39 is 8.80 Å². The maximum Gasteiger partial charge on any atom is 0.500 e. The van der Waals surface area contributed by atoms with Gasteiger partial charge in [-0.15, -0.1) is 0 Å². The summed E-state index contributed by atoms with van der Waals surface area (Å²) in [5.74, 6) is 0. The molecule has 0 unspecified atom stereocenters. The van der Waals surface area contributed by atoms with E-state index in [2.05, 4.69) is 29.6 Å². The molecule has 0 amide bonds. The van der Waals surface area contributed by atoms with Gasteiger partial charge in [-0.1, -0.05) is 56.7 Å². The van der Waals surface area contributed by atoms with Gasteiger partial charge in [0.2, 0.25) is 0 Å². The van der Waals surface area contributed by atoms with Crippen molar-refractivity contribution in [3.05, 3.63) is 30.3 Å². The Labute approximate surface area is 149 Å². The Hall–Kier alpha value is -0.883. The molecule has 0 radical (unpaired) electrons. The molecule has 0 aliphatic rings. The molecule has 0 bridgehead atoms. The highest BCUT2D eigenvalue weighted by Gasteiger charge is 2.36. The molecule has 1 rings (SSSR count). The molecule has 0 heterocycles. The van der Waals surface area contributed by atoms with Gasteiger partial charge in [0.15, 0.2) is 0 Å².